The van der Waals surface area contributed by atoms with E-state index < -0.39 is 13.2 Å². The lowest BCUT2D eigenvalue weighted by atomic mass is 10.3. The van der Waals surface area contributed by atoms with E-state index in [0.717, 1.165) is 19.0 Å². The fourth-order valence-electron chi connectivity index (χ4n) is 2.46. The molecular weight excluding hydrogens is 219 g/mol. The highest BCUT2D eigenvalue weighted by molar-refractivity contribution is 7.87. The molecule has 1 aliphatic rings. The first kappa shape index (κ1) is 11.3. The Morgan fingerprint density at radius 2 is 2.06 bits per heavy atom. The zero-order valence-corrected chi connectivity index (χ0v) is 10.1. The van der Waals surface area contributed by atoms with Gasteiger partial charge in [0, 0.05) is 6.42 Å². The first-order valence-corrected chi connectivity index (χ1v) is 7.64. The lowest BCUT2D eigenvalue weighted by molar-refractivity contribution is -0.134. The van der Waals surface area contributed by atoms with Gasteiger partial charge in [-0.3, -0.25) is 0 Å². The van der Waals surface area contributed by atoms with E-state index in [2.05, 4.69) is 18.7 Å². The molecule has 0 saturated carbocycles. The van der Waals surface area contributed by atoms with Crippen LogP contribution in [0.5, 0.6) is 0 Å². The third kappa shape index (κ3) is 1.90. The Morgan fingerprint density at radius 3 is 2.56 bits per heavy atom. The molecule has 0 amide bonds. The van der Waals surface area contributed by atoms with Gasteiger partial charge in [-0.1, -0.05) is 24.8 Å². The van der Waals surface area contributed by atoms with Gasteiger partial charge in [0.05, 0.1) is 24.0 Å². The van der Waals surface area contributed by atoms with E-state index in [0.29, 0.717) is 0 Å². The van der Waals surface area contributed by atoms with E-state index in [1.54, 1.807) is 0 Å². The van der Waals surface area contributed by atoms with Crippen molar-refractivity contribution in [3.63, 3.8) is 0 Å². The molecule has 0 radical (unpaired) electrons. The molecule has 1 aliphatic heterocycles. The minimum atomic E-state index is -1.64. The van der Waals surface area contributed by atoms with Crippen molar-refractivity contribution in [1.29, 1.82) is 0 Å². The highest BCUT2D eigenvalue weighted by Gasteiger charge is 2.48. The van der Waals surface area contributed by atoms with Crippen LogP contribution in [0.4, 0.5) is 0 Å². The Labute approximate surface area is 96.3 Å². The van der Waals surface area contributed by atoms with Gasteiger partial charge in [-0.15, -0.1) is 0 Å². The zero-order chi connectivity index (χ0) is 11.6. The van der Waals surface area contributed by atoms with Crippen LogP contribution in [-0.4, -0.2) is 23.4 Å². The van der Waals surface area contributed by atoms with Crippen LogP contribution in [0.25, 0.3) is 0 Å². The molecular formula is C13H16O2P+. The maximum atomic E-state index is 11.1. The molecule has 1 aromatic rings. The van der Waals surface area contributed by atoms with Crippen molar-refractivity contribution in [3.05, 3.63) is 42.2 Å². The van der Waals surface area contributed by atoms with E-state index in [4.69, 9.17) is 5.11 Å². The standard InChI is InChI=1S/C13H15O2P/c1-11-6-5-9-16(11,10-13(14)15)12-7-3-2-4-8-12/h2-4,7-8H,1,5-6,9-10H2/p+1. The molecule has 1 N–H and O–H groups in total. The summed E-state index contributed by atoms with van der Waals surface area (Å²) in [6.45, 7) is 4.12. The average molecular weight is 235 g/mol. The van der Waals surface area contributed by atoms with Crippen LogP contribution < -0.4 is 5.30 Å². The van der Waals surface area contributed by atoms with E-state index in [1.807, 2.05) is 18.2 Å². The molecule has 2 rings (SSSR count). The second kappa shape index (κ2) is 4.39. The summed E-state index contributed by atoms with van der Waals surface area (Å²) in [5.74, 6) is -0.694. The fourth-order valence-corrected chi connectivity index (χ4v) is 6.46. The maximum absolute atomic E-state index is 11.1. The molecule has 1 fully saturated rings. The van der Waals surface area contributed by atoms with Gasteiger partial charge in [-0.05, 0) is 18.6 Å². The summed E-state index contributed by atoms with van der Waals surface area (Å²) in [7, 11) is -1.64. The van der Waals surface area contributed by atoms with Crippen molar-refractivity contribution in [3.8, 4) is 0 Å². The minimum absolute atomic E-state index is 0.274. The van der Waals surface area contributed by atoms with E-state index in [1.165, 1.54) is 10.6 Å². The normalized spacial score (nSPS) is 24.6. The molecule has 16 heavy (non-hydrogen) atoms. The van der Waals surface area contributed by atoms with Crippen molar-refractivity contribution < 1.29 is 9.90 Å². The quantitative estimate of drug-likeness (QED) is 0.818. The van der Waals surface area contributed by atoms with Crippen LogP contribution in [0.2, 0.25) is 0 Å². The SMILES string of the molecule is C=C1CCC[P+]1(CC(=O)O)c1ccccc1. The summed E-state index contributed by atoms with van der Waals surface area (Å²) in [5.41, 5.74) is 0. The molecule has 1 saturated heterocycles. The molecule has 0 aromatic heterocycles. The first-order valence-electron chi connectivity index (χ1n) is 5.48. The summed E-state index contributed by atoms with van der Waals surface area (Å²) in [6, 6.07) is 10.1. The zero-order valence-electron chi connectivity index (χ0n) is 9.22. The van der Waals surface area contributed by atoms with Gasteiger partial charge in [0.15, 0.2) is 6.16 Å². The Balaban J connectivity index is 2.42. The number of hydrogen-bond acceptors (Lipinski definition) is 1. The van der Waals surface area contributed by atoms with Crippen LogP contribution in [-0.2, 0) is 4.79 Å². The molecule has 0 aliphatic carbocycles. The largest absolute Gasteiger partial charge is 0.479 e. The van der Waals surface area contributed by atoms with Crippen molar-refractivity contribution >= 4 is 18.5 Å². The van der Waals surface area contributed by atoms with E-state index in [9.17, 15) is 4.79 Å². The maximum Gasteiger partial charge on any atom is 0.342 e. The smallest absolute Gasteiger partial charge is 0.342 e. The van der Waals surface area contributed by atoms with Gasteiger partial charge in [0.2, 0.25) is 0 Å². The molecule has 0 bridgehead atoms. The lowest BCUT2D eigenvalue weighted by Gasteiger charge is -2.21. The average Bonchev–Trinajstić information content (AvgIpc) is 2.62. The number of carbonyl (C=O) groups is 1. The fraction of sp³-hybridized carbons (Fsp3) is 0.308. The van der Waals surface area contributed by atoms with Crippen LogP contribution in [0.15, 0.2) is 42.2 Å². The van der Waals surface area contributed by atoms with Crippen LogP contribution in [0.3, 0.4) is 0 Å². The lowest BCUT2D eigenvalue weighted by Crippen LogP contribution is -2.19. The molecule has 84 valence electrons. The van der Waals surface area contributed by atoms with Crippen molar-refractivity contribution in [2.45, 2.75) is 12.8 Å². The third-order valence-electron chi connectivity index (χ3n) is 3.27. The monoisotopic (exact) mass is 235 g/mol. The molecule has 2 nitrogen and oxygen atoms in total. The number of benzene rings is 1. The topological polar surface area (TPSA) is 37.3 Å². The van der Waals surface area contributed by atoms with Crippen molar-refractivity contribution in [2.75, 3.05) is 12.3 Å². The van der Waals surface area contributed by atoms with Gasteiger partial charge < -0.3 is 5.11 Å². The number of aliphatic carboxylic acids is 1. The van der Waals surface area contributed by atoms with Crippen LogP contribution >= 0.6 is 7.26 Å². The van der Waals surface area contributed by atoms with Gasteiger partial charge in [-0.25, -0.2) is 4.79 Å². The van der Waals surface area contributed by atoms with Crippen molar-refractivity contribution in [1.82, 2.24) is 0 Å². The molecule has 1 aromatic carbocycles. The van der Waals surface area contributed by atoms with Crippen LogP contribution in [0, 0.1) is 0 Å². The Morgan fingerprint density at radius 1 is 1.38 bits per heavy atom. The van der Waals surface area contributed by atoms with Gasteiger partial charge >= 0.3 is 5.97 Å². The Kier molecular flexibility index (Phi) is 3.11. The summed E-state index contributed by atoms with van der Waals surface area (Å²) in [4.78, 5) is 11.1. The van der Waals surface area contributed by atoms with Gasteiger partial charge in [-0.2, -0.15) is 0 Å². The number of rotatable bonds is 3. The van der Waals surface area contributed by atoms with Crippen molar-refractivity contribution in [2.24, 2.45) is 0 Å². The number of allylic oxidation sites excluding steroid dienone is 1. The Hall–Kier alpha value is -1.14. The number of carboxylic acid groups (broad SMARTS) is 1. The molecule has 3 heteroatoms. The Bertz CT molecular complexity index is 413. The second-order valence-electron chi connectivity index (χ2n) is 4.25. The predicted octanol–water partition coefficient (Wildman–Crippen LogP) is 2.72. The third-order valence-corrected chi connectivity index (χ3v) is 7.88. The number of hydrogen-bond donors (Lipinski definition) is 1. The summed E-state index contributed by atoms with van der Waals surface area (Å²) in [5, 5.41) is 11.5. The first-order chi connectivity index (χ1) is 7.65. The highest BCUT2D eigenvalue weighted by atomic mass is 31.2. The summed E-state index contributed by atoms with van der Waals surface area (Å²) >= 11 is 0. The summed E-state index contributed by atoms with van der Waals surface area (Å²) in [6.07, 6.45) is 3.38. The molecule has 1 atom stereocenters. The van der Waals surface area contributed by atoms with E-state index >= 15 is 0 Å². The summed E-state index contributed by atoms with van der Waals surface area (Å²) < 4.78 is 0. The second-order valence-corrected chi connectivity index (χ2v) is 8.10. The minimum Gasteiger partial charge on any atom is -0.479 e. The van der Waals surface area contributed by atoms with Gasteiger partial charge in [0.1, 0.15) is 0 Å². The predicted molar refractivity (Wildman–Crippen MR) is 68.7 cm³/mol. The molecule has 1 unspecified atom stereocenters. The number of carboxylic acids is 1. The molecule has 0 spiro atoms. The molecule has 1 heterocycles. The highest BCUT2D eigenvalue weighted by Crippen LogP contribution is 2.69. The van der Waals surface area contributed by atoms with Crippen LogP contribution in [0.1, 0.15) is 12.8 Å². The van der Waals surface area contributed by atoms with Gasteiger partial charge in [0.25, 0.3) is 0 Å². The van der Waals surface area contributed by atoms with E-state index in [-0.39, 0.29) is 6.16 Å².